The van der Waals surface area contributed by atoms with Crippen molar-refractivity contribution in [3.05, 3.63) is 28.7 Å². The van der Waals surface area contributed by atoms with Gasteiger partial charge in [0.1, 0.15) is 11.5 Å². The van der Waals surface area contributed by atoms with Crippen molar-refractivity contribution in [1.29, 1.82) is 0 Å². The zero-order valence-electron chi connectivity index (χ0n) is 15.2. The van der Waals surface area contributed by atoms with Crippen molar-refractivity contribution in [2.75, 3.05) is 31.9 Å². The SMILES string of the molecule is COc1ccc(OC)c(NC(=O)CSc2n[nH]c(=O)n2C[C@@H]2CCCO2)c1. The maximum atomic E-state index is 12.3. The van der Waals surface area contributed by atoms with E-state index in [4.69, 9.17) is 14.2 Å². The van der Waals surface area contributed by atoms with Crippen LogP contribution in [0.1, 0.15) is 12.8 Å². The second-order valence-electron chi connectivity index (χ2n) is 5.96. The lowest BCUT2D eigenvalue weighted by atomic mass is 10.2. The first kappa shape index (κ1) is 19.3. The second kappa shape index (κ2) is 8.96. The molecule has 0 saturated carbocycles. The van der Waals surface area contributed by atoms with Gasteiger partial charge < -0.3 is 19.5 Å². The Kier molecular flexibility index (Phi) is 6.40. The number of aromatic nitrogens is 3. The maximum absolute atomic E-state index is 12.3. The molecule has 2 aromatic rings. The van der Waals surface area contributed by atoms with Crippen LogP contribution in [0.4, 0.5) is 5.69 Å². The number of carbonyl (C=O) groups excluding carboxylic acids is 1. The van der Waals surface area contributed by atoms with Gasteiger partial charge in [-0.25, -0.2) is 9.89 Å². The van der Waals surface area contributed by atoms with Crippen LogP contribution in [0.25, 0.3) is 0 Å². The third kappa shape index (κ3) is 4.83. The number of aromatic amines is 1. The van der Waals surface area contributed by atoms with E-state index in [2.05, 4.69) is 15.5 Å². The average Bonchev–Trinajstić information content (AvgIpc) is 3.31. The normalized spacial score (nSPS) is 16.3. The third-order valence-corrected chi connectivity index (χ3v) is 5.12. The molecule has 1 aromatic carbocycles. The fourth-order valence-corrected chi connectivity index (χ4v) is 3.55. The number of hydrogen-bond acceptors (Lipinski definition) is 7. The molecule has 0 unspecified atom stereocenters. The summed E-state index contributed by atoms with van der Waals surface area (Å²) in [5.41, 5.74) is 0.212. The van der Waals surface area contributed by atoms with Crippen LogP contribution >= 0.6 is 11.8 Å². The summed E-state index contributed by atoms with van der Waals surface area (Å²) in [6.07, 6.45) is 1.91. The molecular weight excluding hydrogens is 372 g/mol. The fourth-order valence-electron chi connectivity index (χ4n) is 2.79. The first-order valence-electron chi connectivity index (χ1n) is 8.52. The highest BCUT2D eigenvalue weighted by Gasteiger charge is 2.20. The minimum atomic E-state index is -0.303. The molecule has 2 heterocycles. The number of nitrogens with zero attached hydrogens (tertiary/aromatic N) is 2. The molecule has 9 nitrogen and oxygen atoms in total. The number of H-pyrrole nitrogens is 1. The highest BCUT2D eigenvalue weighted by Crippen LogP contribution is 2.29. The first-order chi connectivity index (χ1) is 13.1. The number of thioether (sulfide) groups is 1. The van der Waals surface area contributed by atoms with E-state index in [0.717, 1.165) is 12.8 Å². The summed E-state index contributed by atoms with van der Waals surface area (Å²) in [5.74, 6) is 0.988. The summed E-state index contributed by atoms with van der Waals surface area (Å²) < 4.78 is 17.5. The molecule has 146 valence electrons. The molecule has 1 saturated heterocycles. The van der Waals surface area contributed by atoms with E-state index in [1.807, 2.05) is 0 Å². The van der Waals surface area contributed by atoms with Crippen molar-refractivity contribution in [2.45, 2.75) is 30.6 Å². The number of hydrogen-bond donors (Lipinski definition) is 2. The van der Waals surface area contributed by atoms with Crippen LogP contribution in [0, 0.1) is 0 Å². The number of benzene rings is 1. The minimum absolute atomic E-state index is 0.00882. The second-order valence-corrected chi connectivity index (χ2v) is 6.90. The molecule has 0 bridgehead atoms. The molecule has 3 rings (SSSR count). The largest absolute Gasteiger partial charge is 0.497 e. The Labute approximate surface area is 160 Å². The van der Waals surface area contributed by atoms with E-state index in [0.29, 0.717) is 35.5 Å². The lowest BCUT2D eigenvalue weighted by Crippen LogP contribution is -2.25. The summed E-state index contributed by atoms with van der Waals surface area (Å²) in [6.45, 7) is 1.15. The standard InChI is InChI=1S/C17H22N4O5S/c1-24-11-5-6-14(25-2)13(8-11)18-15(22)10-27-17-20-19-16(23)21(17)9-12-4-3-7-26-12/h5-6,8,12H,3-4,7,9-10H2,1-2H3,(H,18,22)(H,19,23)/t12-/m0/s1. The Morgan fingerprint density at radius 3 is 3.00 bits per heavy atom. The number of ether oxygens (including phenoxy) is 3. The van der Waals surface area contributed by atoms with Crippen molar-refractivity contribution in [2.24, 2.45) is 0 Å². The molecule has 1 aliphatic heterocycles. The van der Waals surface area contributed by atoms with Gasteiger partial charge in [0.25, 0.3) is 0 Å². The van der Waals surface area contributed by atoms with E-state index in [9.17, 15) is 9.59 Å². The smallest absolute Gasteiger partial charge is 0.344 e. The molecule has 10 heteroatoms. The summed E-state index contributed by atoms with van der Waals surface area (Å²) in [6, 6.07) is 5.15. The Hall–Kier alpha value is -2.46. The Morgan fingerprint density at radius 1 is 1.44 bits per heavy atom. The summed E-state index contributed by atoms with van der Waals surface area (Å²) in [4.78, 5) is 24.3. The highest BCUT2D eigenvalue weighted by molar-refractivity contribution is 7.99. The predicted molar refractivity (Wildman–Crippen MR) is 101 cm³/mol. The Balaban J connectivity index is 1.62. The van der Waals surface area contributed by atoms with Gasteiger partial charge in [0.05, 0.1) is 38.3 Å². The van der Waals surface area contributed by atoms with Crippen molar-refractivity contribution in [3.8, 4) is 11.5 Å². The van der Waals surface area contributed by atoms with Gasteiger partial charge in [0.2, 0.25) is 5.91 Å². The first-order valence-corrected chi connectivity index (χ1v) is 9.50. The average molecular weight is 394 g/mol. The van der Waals surface area contributed by atoms with E-state index in [1.165, 1.54) is 23.4 Å². The van der Waals surface area contributed by atoms with Crippen LogP contribution in [0.5, 0.6) is 11.5 Å². The molecule has 0 radical (unpaired) electrons. The molecule has 0 aliphatic carbocycles. The van der Waals surface area contributed by atoms with Gasteiger partial charge >= 0.3 is 5.69 Å². The third-order valence-electron chi connectivity index (χ3n) is 4.15. The van der Waals surface area contributed by atoms with E-state index < -0.39 is 0 Å². The lowest BCUT2D eigenvalue weighted by molar-refractivity contribution is -0.113. The van der Waals surface area contributed by atoms with Crippen LogP contribution in [-0.4, -0.2) is 53.4 Å². The fraction of sp³-hybridized carbons (Fsp3) is 0.471. The number of carbonyl (C=O) groups is 1. The highest BCUT2D eigenvalue weighted by atomic mass is 32.2. The predicted octanol–water partition coefficient (Wildman–Crippen LogP) is 1.50. The van der Waals surface area contributed by atoms with Crippen LogP contribution in [0.3, 0.4) is 0 Å². The Bertz CT molecular complexity index is 844. The van der Waals surface area contributed by atoms with Crippen molar-refractivity contribution < 1.29 is 19.0 Å². The van der Waals surface area contributed by atoms with Crippen LogP contribution in [-0.2, 0) is 16.1 Å². The van der Waals surface area contributed by atoms with Gasteiger partial charge in [-0.2, -0.15) is 0 Å². The minimum Gasteiger partial charge on any atom is -0.497 e. The number of rotatable bonds is 8. The topological polar surface area (TPSA) is 107 Å². The maximum Gasteiger partial charge on any atom is 0.344 e. The van der Waals surface area contributed by atoms with Crippen molar-refractivity contribution in [3.63, 3.8) is 0 Å². The summed E-state index contributed by atoms with van der Waals surface area (Å²) >= 11 is 1.18. The molecule has 1 atom stereocenters. The molecular formula is C17H22N4O5S. The molecule has 1 aliphatic rings. The van der Waals surface area contributed by atoms with Gasteiger partial charge in [-0.1, -0.05) is 11.8 Å². The Morgan fingerprint density at radius 2 is 2.30 bits per heavy atom. The molecule has 27 heavy (non-hydrogen) atoms. The molecule has 1 aromatic heterocycles. The summed E-state index contributed by atoms with van der Waals surface area (Å²) in [7, 11) is 3.08. The zero-order chi connectivity index (χ0) is 19.2. The van der Waals surface area contributed by atoms with Gasteiger partial charge in [-0.3, -0.25) is 9.36 Å². The van der Waals surface area contributed by atoms with Crippen molar-refractivity contribution in [1.82, 2.24) is 14.8 Å². The molecule has 0 spiro atoms. The van der Waals surface area contributed by atoms with E-state index in [-0.39, 0.29) is 23.5 Å². The summed E-state index contributed by atoms with van der Waals surface area (Å²) in [5, 5.41) is 9.69. The van der Waals surface area contributed by atoms with Crippen molar-refractivity contribution >= 4 is 23.4 Å². The number of anilines is 1. The molecule has 1 amide bonds. The zero-order valence-corrected chi connectivity index (χ0v) is 16.0. The number of methoxy groups -OCH3 is 2. The van der Waals surface area contributed by atoms with Gasteiger partial charge in [0, 0.05) is 12.7 Å². The van der Waals surface area contributed by atoms with Gasteiger partial charge in [-0.05, 0) is 25.0 Å². The quantitative estimate of drug-likeness (QED) is 0.653. The van der Waals surface area contributed by atoms with E-state index in [1.54, 1.807) is 25.3 Å². The molecule has 1 fully saturated rings. The van der Waals surface area contributed by atoms with E-state index >= 15 is 0 Å². The van der Waals surface area contributed by atoms with Gasteiger partial charge in [0.15, 0.2) is 5.16 Å². The number of amides is 1. The monoisotopic (exact) mass is 394 g/mol. The number of nitrogens with one attached hydrogen (secondary N) is 2. The van der Waals surface area contributed by atoms with Crippen LogP contribution < -0.4 is 20.5 Å². The lowest BCUT2D eigenvalue weighted by Gasteiger charge is -2.12. The van der Waals surface area contributed by atoms with Gasteiger partial charge in [-0.15, -0.1) is 5.10 Å². The van der Waals surface area contributed by atoms with Crippen LogP contribution in [0.15, 0.2) is 28.2 Å². The molecule has 2 N–H and O–H groups in total. The van der Waals surface area contributed by atoms with Crippen LogP contribution in [0.2, 0.25) is 0 Å².